The third-order valence-corrected chi connectivity index (χ3v) is 11.8. The minimum Gasteiger partial charge on any atom is -0.497 e. The number of rotatable bonds is 8. The van der Waals surface area contributed by atoms with Gasteiger partial charge < -0.3 is 18.8 Å². The Morgan fingerprint density at radius 1 is 1.18 bits per heavy atom. The van der Waals surface area contributed by atoms with Gasteiger partial charge in [-0.05, 0) is 67.0 Å². The predicted molar refractivity (Wildman–Crippen MR) is 136 cm³/mol. The fourth-order valence-corrected chi connectivity index (χ4v) is 5.50. The van der Waals surface area contributed by atoms with Crippen molar-refractivity contribution in [1.29, 1.82) is 0 Å². The molecule has 2 aromatic carbocycles. The van der Waals surface area contributed by atoms with Crippen molar-refractivity contribution in [3.63, 3.8) is 0 Å². The molecule has 0 radical (unpaired) electrons. The zero-order valence-electron chi connectivity index (χ0n) is 21.1. The van der Waals surface area contributed by atoms with Gasteiger partial charge in [-0.2, -0.15) is 0 Å². The van der Waals surface area contributed by atoms with Crippen LogP contribution in [0.25, 0.3) is 0 Å². The van der Waals surface area contributed by atoms with Gasteiger partial charge in [0.2, 0.25) is 5.91 Å². The Morgan fingerprint density at radius 2 is 1.79 bits per heavy atom. The molecule has 0 bridgehead atoms. The summed E-state index contributed by atoms with van der Waals surface area (Å²) >= 11 is 6.44. The first kappa shape index (κ1) is 26.5. The number of hydrogen-bond acceptors (Lipinski definition) is 4. The number of likely N-dealkylation sites (tertiary alicyclic amines) is 1. The summed E-state index contributed by atoms with van der Waals surface area (Å²) in [4.78, 5) is 14.7. The van der Waals surface area contributed by atoms with Crippen LogP contribution in [-0.4, -0.2) is 38.9 Å². The molecule has 1 aliphatic heterocycles. The topological polar surface area (TPSA) is 48.0 Å². The SMILES string of the molecule is COc1ccc(OCc2c(Cl)cc(F)cc2[C@H](C)N2C[C@@H](O[Si](C)(C)C(C)(C)C)CC2=O)cc1. The minimum atomic E-state index is -2.02. The van der Waals surface area contributed by atoms with Crippen molar-refractivity contribution in [2.45, 2.75) is 71.0 Å². The molecule has 2 aromatic rings. The van der Waals surface area contributed by atoms with Crippen LogP contribution < -0.4 is 9.47 Å². The van der Waals surface area contributed by atoms with Crippen molar-refractivity contribution in [2.75, 3.05) is 13.7 Å². The molecule has 3 rings (SSSR count). The maximum absolute atomic E-state index is 14.4. The fraction of sp³-hybridized carbons (Fsp3) is 0.500. The van der Waals surface area contributed by atoms with Crippen molar-refractivity contribution in [3.05, 3.63) is 58.4 Å². The third-order valence-electron chi connectivity index (χ3n) is 6.95. The molecule has 34 heavy (non-hydrogen) atoms. The lowest BCUT2D eigenvalue weighted by molar-refractivity contribution is -0.129. The Balaban J connectivity index is 1.79. The largest absolute Gasteiger partial charge is 0.497 e. The van der Waals surface area contributed by atoms with Gasteiger partial charge >= 0.3 is 0 Å². The van der Waals surface area contributed by atoms with Gasteiger partial charge in [-0.25, -0.2) is 4.39 Å². The summed E-state index contributed by atoms with van der Waals surface area (Å²) in [5.74, 6) is 0.919. The normalized spacial score (nSPS) is 17.7. The van der Waals surface area contributed by atoms with Crippen LogP contribution in [-0.2, 0) is 15.8 Å². The molecule has 1 aliphatic rings. The molecule has 1 heterocycles. The monoisotopic (exact) mass is 507 g/mol. The number of carbonyl (C=O) groups is 1. The van der Waals surface area contributed by atoms with Crippen molar-refractivity contribution >= 4 is 25.8 Å². The van der Waals surface area contributed by atoms with Gasteiger partial charge in [0.1, 0.15) is 23.9 Å². The highest BCUT2D eigenvalue weighted by Crippen LogP contribution is 2.40. The highest BCUT2D eigenvalue weighted by atomic mass is 35.5. The highest BCUT2D eigenvalue weighted by molar-refractivity contribution is 6.74. The molecule has 1 fully saturated rings. The lowest BCUT2D eigenvalue weighted by Crippen LogP contribution is -2.44. The zero-order valence-corrected chi connectivity index (χ0v) is 22.8. The van der Waals surface area contributed by atoms with E-state index in [9.17, 15) is 9.18 Å². The second-order valence-corrected chi connectivity index (χ2v) is 15.5. The van der Waals surface area contributed by atoms with E-state index in [1.807, 2.05) is 6.92 Å². The van der Waals surface area contributed by atoms with E-state index >= 15 is 0 Å². The molecule has 186 valence electrons. The molecule has 8 heteroatoms. The zero-order chi connectivity index (χ0) is 25.3. The van der Waals surface area contributed by atoms with Crippen LogP contribution in [0.4, 0.5) is 4.39 Å². The first-order valence-corrected chi connectivity index (χ1v) is 14.8. The van der Waals surface area contributed by atoms with E-state index in [0.717, 1.165) is 5.75 Å². The Kier molecular flexibility index (Phi) is 8.00. The first-order chi connectivity index (χ1) is 15.8. The molecule has 0 saturated carbocycles. The van der Waals surface area contributed by atoms with Crippen molar-refractivity contribution in [3.8, 4) is 11.5 Å². The molecular formula is C26H35ClFNO4Si. The van der Waals surface area contributed by atoms with Crippen LogP contribution in [0.3, 0.4) is 0 Å². The van der Waals surface area contributed by atoms with Gasteiger partial charge in [0, 0.05) is 12.1 Å². The van der Waals surface area contributed by atoms with Crippen LogP contribution in [0, 0.1) is 5.82 Å². The quantitative estimate of drug-likeness (QED) is 0.371. The Hall–Kier alpha value is -2.09. The average Bonchev–Trinajstić information content (AvgIpc) is 3.10. The molecule has 1 saturated heterocycles. The lowest BCUT2D eigenvalue weighted by Gasteiger charge is -2.38. The van der Waals surface area contributed by atoms with E-state index < -0.39 is 14.1 Å². The van der Waals surface area contributed by atoms with Gasteiger partial charge in [-0.15, -0.1) is 0 Å². The van der Waals surface area contributed by atoms with Crippen molar-refractivity contribution in [1.82, 2.24) is 4.90 Å². The van der Waals surface area contributed by atoms with Crippen LogP contribution in [0.5, 0.6) is 11.5 Å². The predicted octanol–water partition coefficient (Wildman–Crippen LogP) is 6.75. The minimum absolute atomic E-state index is 0.00128. The van der Waals surface area contributed by atoms with Gasteiger partial charge in [0.25, 0.3) is 0 Å². The van der Waals surface area contributed by atoms with E-state index in [1.54, 1.807) is 36.3 Å². The van der Waals surface area contributed by atoms with E-state index in [1.165, 1.54) is 12.1 Å². The number of benzene rings is 2. The van der Waals surface area contributed by atoms with Crippen molar-refractivity contribution < 1.29 is 23.1 Å². The number of carbonyl (C=O) groups excluding carboxylic acids is 1. The van der Waals surface area contributed by atoms with E-state index in [-0.39, 0.29) is 34.7 Å². The molecule has 1 amide bonds. The number of hydrogen-bond donors (Lipinski definition) is 0. The summed E-state index contributed by atoms with van der Waals surface area (Å²) < 4.78 is 32.0. The average molecular weight is 508 g/mol. The summed E-state index contributed by atoms with van der Waals surface area (Å²) in [6.07, 6.45) is 0.163. The summed E-state index contributed by atoms with van der Waals surface area (Å²) in [5.41, 5.74) is 1.30. The number of methoxy groups -OCH3 is 1. The highest BCUT2D eigenvalue weighted by Gasteiger charge is 2.43. The van der Waals surface area contributed by atoms with Crippen molar-refractivity contribution in [2.24, 2.45) is 0 Å². The van der Waals surface area contributed by atoms with Crippen LogP contribution >= 0.6 is 11.6 Å². The Bertz CT molecular complexity index is 1020. The maximum Gasteiger partial charge on any atom is 0.225 e. The summed E-state index contributed by atoms with van der Waals surface area (Å²) in [7, 11) is -0.417. The molecule has 0 spiro atoms. The molecular weight excluding hydrogens is 473 g/mol. The van der Waals surface area contributed by atoms with Gasteiger partial charge in [-0.1, -0.05) is 32.4 Å². The fourth-order valence-electron chi connectivity index (χ4n) is 3.89. The lowest BCUT2D eigenvalue weighted by atomic mass is 10.0. The third kappa shape index (κ3) is 5.93. The second-order valence-electron chi connectivity index (χ2n) is 10.3. The number of amides is 1. The Labute approximate surface area is 208 Å². The maximum atomic E-state index is 14.4. The van der Waals surface area contributed by atoms with Gasteiger partial charge in [-0.3, -0.25) is 4.79 Å². The summed E-state index contributed by atoms with van der Waals surface area (Å²) in [5, 5.41) is 0.327. The smallest absolute Gasteiger partial charge is 0.225 e. The molecule has 5 nitrogen and oxygen atoms in total. The van der Waals surface area contributed by atoms with E-state index in [2.05, 4.69) is 33.9 Å². The van der Waals surface area contributed by atoms with E-state index in [4.69, 9.17) is 25.5 Å². The standard InChI is InChI=1S/C26H35ClFNO4Si/c1-17(29-15-21(14-25(29)30)33-34(6,7)26(2,3)4)22-12-18(28)13-24(27)23(22)16-32-20-10-8-19(31-5)9-11-20/h8-13,17,21H,14-16H2,1-7H3/t17-,21-/m0/s1. The molecule has 0 aromatic heterocycles. The number of nitrogens with zero attached hydrogens (tertiary/aromatic N) is 1. The molecule has 0 N–H and O–H groups in total. The Morgan fingerprint density at radius 3 is 2.38 bits per heavy atom. The summed E-state index contributed by atoms with van der Waals surface area (Å²) in [6, 6.07) is 9.55. The van der Waals surface area contributed by atoms with Crippen LogP contribution in [0.15, 0.2) is 36.4 Å². The van der Waals surface area contributed by atoms with Crippen LogP contribution in [0.1, 0.15) is 51.3 Å². The van der Waals surface area contributed by atoms with Gasteiger partial charge in [0.15, 0.2) is 8.32 Å². The second kappa shape index (κ2) is 10.3. The first-order valence-electron chi connectivity index (χ1n) is 11.5. The number of halogens is 2. The molecule has 0 unspecified atom stereocenters. The van der Waals surface area contributed by atoms with E-state index in [0.29, 0.717) is 29.8 Å². The summed E-state index contributed by atoms with van der Waals surface area (Å²) in [6.45, 7) is 13.4. The molecule has 2 atom stereocenters. The number of ether oxygens (including phenoxy) is 2. The van der Waals surface area contributed by atoms with Crippen LogP contribution in [0.2, 0.25) is 23.2 Å². The van der Waals surface area contributed by atoms with Gasteiger partial charge in [0.05, 0.1) is 30.7 Å². The molecule has 0 aliphatic carbocycles.